The van der Waals surface area contributed by atoms with Gasteiger partial charge in [0.25, 0.3) is 0 Å². The molecule has 0 aliphatic carbocycles. The topological polar surface area (TPSA) is 62.7 Å². The fourth-order valence-electron chi connectivity index (χ4n) is 1.28. The minimum absolute atomic E-state index is 0.725. The van der Waals surface area contributed by atoms with Gasteiger partial charge in [-0.1, -0.05) is 0 Å². The van der Waals surface area contributed by atoms with Gasteiger partial charge in [0, 0.05) is 32.1 Å². The molecule has 0 atom stereocenters. The maximum Gasteiger partial charge on any atom is 0.131 e. The zero-order valence-corrected chi connectivity index (χ0v) is 9.01. The summed E-state index contributed by atoms with van der Waals surface area (Å²) in [5.74, 6) is 1.60. The van der Waals surface area contributed by atoms with Crippen LogP contribution in [0.2, 0.25) is 0 Å². The molecule has 0 aromatic carbocycles. The molecule has 0 unspecified atom stereocenters. The molecule has 0 spiro atoms. The van der Waals surface area contributed by atoms with E-state index in [-0.39, 0.29) is 0 Å². The van der Waals surface area contributed by atoms with Gasteiger partial charge in [-0.25, -0.2) is 9.97 Å². The Balaban J connectivity index is 1.99. The van der Waals surface area contributed by atoms with Crippen LogP contribution in [-0.4, -0.2) is 22.0 Å². The van der Waals surface area contributed by atoms with Crippen LogP contribution >= 0.6 is 0 Å². The fourth-order valence-corrected chi connectivity index (χ4v) is 1.28. The molecule has 2 aromatic rings. The number of aromatic nitrogens is 3. The first-order valence-corrected chi connectivity index (χ1v) is 5.01. The number of nitrogens with zero attached hydrogens (tertiary/aromatic N) is 3. The van der Waals surface area contributed by atoms with Crippen molar-refractivity contribution in [3.8, 4) is 0 Å². The van der Waals surface area contributed by atoms with Crippen molar-refractivity contribution in [2.24, 2.45) is 0 Å². The average molecular weight is 215 g/mol. The second kappa shape index (κ2) is 5.06. The predicted molar refractivity (Wildman–Crippen MR) is 63.1 cm³/mol. The van der Waals surface area contributed by atoms with E-state index < -0.39 is 0 Å². The van der Waals surface area contributed by atoms with Crippen molar-refractivity contribution in [1.29, 1.82) is 0 Å². The Morgan fingerprint density at radius 1 is 1.12 bits per heavy atom. The number of hydrogen-bond acceptors (Lipinski definition) is 5. The summed E-state index contributed by atoms with van der Waals surface area (Å²) in [7, 11) is 1.83. The van der Waals surface area contributed by atoms with Crippen molar-refractivity contribution in [2.75, 3.05) is 17.7 Å². The van der Waals surface area contributed by atoms with Crippen LogP contribution in [0.1, 0.15) is 5.56 Å². The molecular formula is C11H13N5. The first-order chi connectivity index (χ1) is 7.88. The molecule has 0 aliphatic rings. The normalized spacial score (nSPS) is 9.81. The Bertz CT molecular complexity index is 443. The van der Waals surface area contributed by atoms with Crippen LogP contribution in [0.15, 0.2) is 36.9 Å². The zero-order chi connectivity index (χ0) is 11.2. The molecular weight excluding hydrogens is 202 g/mol. The van der Waals surface area contributed by atoms with Crippen LogP contribution in [0, 0.1) is 0 Å². The third kappa shape index (κ3) is 2.66. The van der Waals surface area contributed by atoms with Gasteiger partial charge in [0.1, 0.15) is 18.0 Å². The molecule has 2 heterocycles. The summed E-state index contributed by atoms with van der Waals surface area (Å²) in [5.41, 5.74) is 1.17. The number of rotatable bonds is 4. The second-order valence-corrected chi connectivity index (χ2v) is 3.25. The van der Waals surface area contributed by atoms with Gasteiger partial charge in [-0.3, -0.25) is 4.98 Å². The van der Waals surface area contributed by atoms with Crippen molar-refractivity contribution in [1.82, 2.24) is 15.0 Å². The molecule has 2 N–H and O–H groups in total. The monoisotopic (exact) mass is 215 g/mol. The molecule has 0 bridgehead atoms. The summed E-state index contributed by atoms with van der Waals surface area (Å²) < 4.78 is 0. The van der Waals surface area contributed by atoms with Crippen molar-refractivity contribution in [3.05, 3.63) is 42.5 Å². The van der Waals surface area contributed by atoms with Crippen molar-refractivity contribution < 1.29 is 0 Å². The van der Waals surface area contributed by atoms with Gasteiger partial charge in [-0.15, -0.1) is 0 Å². The highest BCUT2D eigenvalue weighted by Crippen LogP contribution is 2.09. The van der Waals surface area contributed by atoms with E-state index in [9.17, 15) is 0 Å². The Labute approximate surface area is 94.0 Å². The maximum atomic E-state index is 4.12. The van der Waals surface area contributed by atoms with Crippen molar-refractivity contribution >= 4 is 11.6 Å². The first kappa shape index (κ1) is 10.4. The van der Waals surface area contributed by atoms with Gasteiger partial charge in [-0.05, 0) is 17.7 Å². The molecule has 0 aliphatic heterocycles. The average Bonchev–Trinajstić information content (AvgIpc) is 2.38. The Kier molecular flexibility index (Phi) is 3.28. The Morgan fingerprint density at radius 2 is 1.88 bits per heavy atom. The minimum atomic E-state index is 0.725. The van der Waals surface area contributed by atoms with Gasteiger partial charge in [0.2, 0.25) is 0 Å². The number of pyridine rings is 1. The lowest BCUT2D eigenvalue weighted by molar-refractivity contribution is 1.07. The molecule has 0 radical (unpaired) electrons. The lowest BCUT2D eigenvalue weighted by Crippen LogP contribution is -2.03. The Morgan fingerprint density at radius 3 is 2.62 bits per heavy atom. The molecule has 2 rings (SSSR count). The van der Waals surface area contributed by atoms with E-state index in [1.54, 1.807) is 12.4 Å². The van der Waals surface area contributed by atoms with Crippen LogP contribution in [0.3, 0.4) is 0 Å². The standard InChI is InChI=1S/C11H13N5/c1-12-10-6-11(16-8-15-10)14-7-9-2-4-13-5-3-9/h2-6,8H,7H2,1H3,(H2,12,14,15,16). The summed E-state index contributed by atoms with van der Waals surface area (Å²) >= 11 is 0. The van der Waals surface area contributed by atoms with Gasteiger partial charge < -0.3 is 10.6 Å². The van der Waals surface area contributed by atoms with E-state index >= 15 is 0 Å². The van der Waals surface area contributed by atoms with Crippen LogP contribution in [0.5, 0.6) is 0 Å². The van der Waals surface area contributed by atoms with E-state index in [4.69, 9.17) is 0 Å². The smallest absolute Gasteiger partial charge is 0.131 e. The molecule has 0 amide bonds. The predicted octanol–water partition coefficient (Wildman–Crippen LogP) is 1.53. The third-order valence-corrected chi connectivity index (χ3v) is 2.15. The number of anilines is 2. The van der Waals surface area contributed by atoms with Crippen LogP contribution in [0.4, 0.5) is 11.6 Å². The largest absolute Gasteiger partial charge is 0.373 e. The van der Waals surface area contributed by atoms with Gasteiger partial charge >= 0.3 is 0 Å². The minimum Gasteiger partial charge on any atom is -0.373 e. The van der Waals surface area contributed by atoms with E-state index in [0.717, 1.165) is 18.2 Å². The second-order valence-electron chi connectivity index (χ2n) is 3.25. The first-order valence-electron chi connectivity index (χ1n) is 5.01. The van der Waals surface area contributed by atoms with Crippen LogP contribution in [-0.2, 0) is 6.54 Å². The molecule has 5 nitrogen and oxygen atoms in total. The van der Waals surface area contributed by atoms with E-state index in [2.05, 4.69) is 25.6 Å². The van der Waals surface area contributed by atoms with Crippen LogP contribution < -0.4 is 10.6 Å². The quantitative estimate of drug-likeness (QED) is 0.809. The molecule has 16 heavy (non-hydrogen) atoms. The summed E-state index contributed by atoms with van der Waals surface area (Å²) in [5, 5.41) is 6.18. The van der Waals surface area contributed by atoms with Crippen LogP contribution in [0.25, 0.3) is 0 Å². The maximum absolute atomic E-state index is 4.12. The lowest BCUT2D eigenvalue weighted by atomic mass is 10.3. The van der Waals surface area contributed by atoms with Crippen molar-refractivity contribution in [3.63, 3.8) is 0 Å². The van der Waals surface area contributed by atoms with E-state index in [0.29, 0.717) is 0 Å². The van der Waals surface area contributed by atoms with E-state index in [1.165, 1.54) is 11.9 Å². The number of hydrogen-bond donors (Lipinski definition) is 2. The van der Waals surface area contributed by atoms with E-state index in [1.807, 2.05) is 25.2 Å². The zero-order valence-electron chi connectivity index (χ0n) is 9.01. The van der Waals surface area contributed by atoms with Gasteiger partial charge in [0.05, 0.1) is 0 Å². The van der Waals surface area contributed by atoms with Gasteiger partial charge in [0.15, 0.2) is 0 Å². The fraction of sp³-hybridized carbons (Fsp3) is 0.182. The molecule has 0 saturated carbocycles. The summed E-state index contributed by atoms with van der Waals surface area (Å²) in [6.07, 6.45) is 5.08. The van der Waals surface area contributed by atoms with Crippen molar-refractivity contribution in [2.45, 2.75) is 6.54 Å². The summed E-state index contributed by atoms with van der Waals surface area (Å²) in [4.78, 5) is 12.1. The highest BCUT2D eigenvalue weighted by Gasteiger charge is 1.96. The summed E-state index contributed by atoms with van der Waals surface area (Å²) in [6, 6.07) is 5.79. The molecule has 0 fully saturated rings. The molecule has 0 saturated heterocycles. The SMILES string of the molecule is CNc1cc(NCc2ccncc2)ncn1. The molecule has 2 aromatic heterocycles. The molecule has 82 valence electrons. The third-order valence-electron chi connectivity index (χ3n) is 2.15. The number of nitrogens with one attached hydrogen (secondary N) is 2. The highest BCUT2D eigenvalue weighted by molar-refractivity contribution is 5.46. The Hall–Kier alpha value is -2.17. The lowest BCUT2D eigenvalue weighted by Gasteiger charge is -2.06. The van der Waals surface area contributed by atoms with Gasteiger partial charge in [-0.2, -0.15) is 0 Å². The highest BCUT2D eigenvalue weighted by atomic mass is 15.0. The summed E-state index contributed by atoms with van der Waals surface area (Å²) in [6.45, 7) is 0.725. The molecule has 5 heteroatoms.